The van der Waals surface area contributed by atoms with Crippen LogP contribution < -0.4 is 10.2 Å². The molecule has 0 amide bonds. The van der Waals surface area contributed by atoms with Crippen LogP contribution in [0.25, 0.3) is 0 Å². The molecular formula is C13H10BF3O3. The predicted octanol–water partition coefficient (Wildman–Crippen LogP) is 1.36. The molecule has 0 atom stereocenters. The fourth-order valence-corrected chi connectivity index (χ4v) is 1.67. The lowest BCUT2D eigenvalue weighted by molar-refractivity contribution is 0.303. The largest absolute Gasteiger partial charge is 0.489 e. The van der Waals surface area contributed by atoms with Crippen LogP contribution in [0, 0.1) is 17.5 Å². The first-order chi connectivity index (χ1) is 9.47. The highest BCUT2D eigenvalue weighted by atomic mass is 19.2. The molecule has 2 aromatic rings. The summed E-state index contributed by atoms with van der Waals surface area (Å²) < 4.78 is 43.9. The van der Waals surface area contributed by atoms with Gasteiger partial charge in [-0.3, -0.25) is 0 Å². The topological polar surface area (TPSA) is 49.7 Å². The minimum atomic E-state index is -1.85. The van der Waals surface area contributed by atoms with E-state index in [0.717, 1.165) is 24.3 Å². The number of rotatable bonds is 4. The van der Waals surface area contributed by atoms with E-state index in [9.17, 15) is 13.2 Å². The van der Waals surface area contributed by atoms with Gasteiger partial charge >= 0.3 is 7.12 Å². The van der Waals surface area contributed by atoms with Crippen molar-refractivity contribution in [2.75, 3.05) is 0 Å². The van der Waals surface area contributed by atoms with Crippen molar-refractivity contribution in [3.63, 3.8) is 0 Å². The smallest absolute Gasteiger partial charge is 0.488 e. The van der Waals surface area contributed by atoms with E-state index in [-0.39, 0.29) is 17.8 Å². The van der Waals surface area contributed by atoms with E-state index in [2.05, 4.69) is 0 Å². The summed E-state index contributed by atoms with van der Waals surface area (Å²) in [6.07, 6.45) is 0. The van der Waals surface area contributed by atoms with Gasteiger partial charge in [0.25, 0.3) is 0 Å². The molecule has 0 heterocycles. The zero-order chi connectivity index (χ0) is 14.7. The first-order valence-electron chi connectivity index (χ1n) is 5.69. The molecule has 0 aliphatic carbocycles. The molecule has 0 aliphatic heterocycles. The second-order valence-corrected chi connectivity index (χ2v) is 4.08. The van der Waals surface area contributed by atoms with Crippen LogP contribution in [0.5, 0.6) is 5.75 Å². The van der Waals surface area contributed by atoms with Crippen LogP contribution in [0.1, 0.15) is 5.56 Å². The van der Waals surface area contributed by atoms with Gasteiger partial charge in [-0.25, -0.2) is 13.2 Å². The predicted molar refractivity (Wildman–Crippen MR) is 66.9 cm³/mol. The summed E-state index contributed by atoms with van der Waals surface area (Å²) in [5, 5.41) is 18.3. The molecule has 0 spiro atoms. The minimum absolute atomic E-state index is 0.0485. The van der Waals surface area contributed by atoms with Gasteiger partial charge in [-0.1, -0.05) is 6.07 Å². The summed E-state index contributed by atoms with van der Waals surface area (Å²) in [5.41, 5.74) is 0.277. The first kappa shape index (κ1) is 14.4. The zero-order valence-corrected chi connectivity index (χ0v) is 10.2. The third-order valence-electron chi connectivity index (χ3n) is 2.67. The summed E-state index contributed by atoms with van der Waals surface area (Å²) in [6.45, 7) is -0.141. The van der Waals surface area contributed by atoms with Gasteiger partial charge in [0.05, 0.1) is 0 Å². The van der Waals surface area contributed by atoms with Gasteiger partial charge in [-0.05, 0) is 35.3 Å². The van der Waals surface area contributed by atoms with Gasteiger partial charge in [-0.15, -0.1) is 0 Å². The number of benzene rings is 2. The fourth-order valence-electron chi connectivity index (χ4n) is 1.67. The van der Waals surface area contributed by atoms with Gasteiger partial charge in [0.1, 0.15) is 18.2 Å². The van der Waals surface area contributed by atoms with Crippen LogP contribution in [-0.2, 0) is 6.61 Å². The van der Waals surface area contributed by atoms with Crippen LogP contribution >= 0.6 is 0 Å². The minimum Gasteiger partial charge on any atom is -0.489 e. The number of hydrogen-bond donors (Lipinski definition) is 2. The fraction of sp³-hybridized carbons (Fsp3) is 0.0769. The van der Waals surface area contributed by atoms with Gasteiger partial charge < -0.3 is 14.8 Å². The number of halogens is 3. The van der Waals surface area contributed by atoms with Crippen molar-refractivity contribution >= 4 is 12.6 Å². The summed E-state index contributed by atoms with van der Waals surface area (Å²) in [5.74, 6) is -2.59. The van der Waals surface area contributed by atoms with E-state index in [0.29, 0.717) is 5.56 Å². The molecule has 0 saturated carbocycles. The van der Waals surface area contributed by atoms with Crippen LogP contribution in [0.2, 0.25) is 0 Å². The SMILES string of the molecule is OB(O)c1cc(F)ccc1COc1ccc(F)c(F)c1. The Morgan fingerprint density at radius 1 is 0.950 bits per heavy atom. The molecule has 0 fully saturated rings. The molecule has 3 nitrogen and oxygen atoms in total. The van der Waals surface area contributed by atoms with Gasteiger partial charge in [0.2, 0.25) is 0 Å². The van der Waals surface area contributed by atoms with E-state index >= 15 is 0 Å². The quantitative estimate of drug-likeness (QED) is 0.832. The normalized spacial score (nSPS) is 10.4. The van der Waals surface area contributed by atoms with Gasteiger partial charge in [0, 0.05) is 6.07 Å². The number of hydrogen-bond acceptors (Lipinski definition) is 3. The van der Waals surface area contributed by atoms with Crippen molar-refractivity contribution in [2.24, 2.45) is 0 Å². The van der Waals surface area contributed by atoms with Crippen LogP contribution in [0.15, 0.2) is 36.4 Å². The molecule has 0 radical (unpaired) electrons. The van der Waals surface area contributed by atoms with Gasteiger partial charge in [0.15, 0.2) is 11.6 Å². The van der Waals surface area contributed by atoms with E-state index in [4.69, 9.17) is 14.8 Å². The summed E-state index contributed by atoms with van der Waals surface area (Å²) in [7, 11) is -1.85. The molecule has 2 N–H and O–H groups in total. The van der Waals surface area contributed by atoms with Crippen LogP contribution in [0.4, 0.5) is 13.2 Å². The lowest BCUT2D eigenvalue weighted by Crippen LogP contribution is -2.34. The Kier molecular flexibility index (Phi) is 4.31. The maximum atomic E-state index is 13.0. The Hall–Kier alpha value is -1.99. The molecular weight excluding hydrogens is 272 g/mol. The lowest BCUT2D eigenvalue weighted by atomic mass is 9.77. The second-order valence-electron chi connectivity index (χ2n) is 4.08. The standard InChI is InChI=1S/C13H10BF3O3/c15-9-2-1-8(11(5-9)14(18)19)7-20-10-3-4-12(16)13(17)6-10/h1-6,18-19H,7H2. The highest BCUT2D eigenvalue weighted by Crippen LogP contribution is 2.16. The average Bonchev–Trinajstić information content (AvgIpc) is 2.41. The highest BCUT2D eigenvalue weighted by Gasteiger charge is 2.17. The molecule has 2 rings (SSSR count). The Labute approximate surface area is 113 Å². The van der Waals surface area contributed by atoms with Crippen molar-refractivity contribution in [2.45, 2.75) is 6.61 Å². The Bertz CT molecular complexity index is 620. The maximum Gasteiger partial charge on any atom is 0.488 e. The average molecular weight is 282 g/mol. The molecule has 7 heteroatoms. The van der Waals surface area contributed by atoms with Crippen molar-refractivity contribution < 1.29 is 28.0 Å². The third-order valence-corrected chi connectivity index (χ3v) is 2.67. The first-order valence-corrected chi connectivity index (χ1v) is 5.69. The Morgan fingerprint density at radius 2 is 1.70 bits per heavy atom. The van der Waals surface area contributed by atoms with Crippen LogP contribution in [-0.4, -0.2) is 17.2 Å². The monoisotopic (exact) mass is 282 g/mol. The van der Waals surface area contributed by atoms with Crippen molar-refractivity contribution in [3.05, 3.63) is 59.4 Å². The highest BCUT2D eigenvalue weighted by molar-refractivity contribution is 6.59. The molecule has 20 heavy (non-hydrogen) atoms. The molecule has 0 aromatic heterocycles. The van der Waals surface area contributed by atoms with Crippen molar-refractivity contribution in [1.82, 2.24) is 0 Å². The molecule has 0 saturated heterocycles. The second kappa shape index (κ2) is 5.98. The summed E-state index contributed by atoms with van der Waals surface area (Å²) in [6, 6.07) is 6.44. The Morgan fingerprint density at radius 3 is 2.35 bits per heavy atom. The molecule has 2 aromatic carbocycles. The molecule has 0 bridgehead atoms. The third kappa shape index (κ3) is 3.31. The zero-order valence-electron chi connectivity index (χ0n) is 10.2. The Balaban J connectivity index is 2.16. The van der Waals surface area contributed by atoms with E-state index < -0.39 is 24.6 Å². The van der Waals surface area contributed by atoms with Crippen LogP contribution in [0.3, 0.4) is 0 Å². The van der Waals surface area contributed by atoms with E-state index in [1.54, 1.807) is 0 Å². The lowest BCUT2D eigenvalue weighted by Gasteiger charge is -2.11. The number of ether oxygens (including phenoxy) is 1. The van der Waals surface area contributed by atoms with E-state index in [1.165, 1.54) is 12.1 Å². The van der Waals surface area contributed by atoms with E-state index in [1.807, 2.05) is 0 Å². The maximum absolute atomic E-state index is 13.0. The van der Waals surface area contributed by atoms with Crippen molar-refractivity contribution in [3.8, 4) is 5.75 Å². The summed E-state index contributed by atoms with van der Waals surface area (Å²) in [4.78, 5) is 0. The summed E-state index contributed by atoms with van der Waals surface area (Å²) >= 11 is 0. The molecule has 104 valence electrons. The van der Waals surface area contributed by atoms with Gasteiger partial charge in [-0.2, -0.15) is 0 Å². The molecule has 0 aliphatic rings. The molecule has 0 unspecified atom stereocenters. The van der Waals surface area contributed by atoms with Crippen molar-refractivity contribution in [1.29, 1.82) is 0 Å².